The fourth-order valence-electron chi connectivity index (χ4n) is 8.63. The molecule has 0 spiro atoms. The van der Waals surface area contributed by atoms with Crippen LogP contribution in [-0.4, -0.2) is 160 Å². The summed E-state index contributed by atoms with van der Waals surface area (Å²) in [5.74, 6) is 2.37. The van der Waals surface area contributed by atoms with Crippen LogP contribution in [0.5, 0.6) is 11.5 Å². The Morgan fingerprint density at radius 2 is 1.03 bits per heavy atom. The van der Waals surface area contributed by atoms with Crippen LogP contribution in [0.4, 0.5) is 8.78 Å². The van der Waals surface area contributed by atoms with Gasteiger partial charge in [-0.1, -0.05) is 47.5 Å². The lowest BCUT2D eigenvalue weighted by Gasteiger charge is -2.39. The van der Waals surface area contributed by atoms with Crippen LogP contribution in [0, 0.1) is 27.7 Å². The normalized spacial score (nSPS) is 16.6. The number of hydrogen-bond donors (Lipinski definition) is 0. The number of carbonyl (C=O) groups is 2. The van der Waals surface area contributed by atoms with Gasteiger partial charge in [0, 0.05) is 76.6 Å². The van der Waals surface area contributed by atoms with Crippen molar-refractivity contribution < 1.29 is 27.8 Å². The molecule has 2 amide bonds. The lowest BCUT2D eigenvalue weighted by molar-refractivity contribution is -0.131. The quantitative estimate of drug-likeness (QED) is 0.0965. The molecule has 18 nitrogen and oxygen atoms in total. The Labute approximate surface area is 419 Å². The number of halogens is 2. The van der Waals surface area contributed by atoms with Crippen molar-refractivity contribution in [2.75, 3.05) is 65.8 Å². The number of hydrogen-bond acceptors (Lipinski definition) is 14. The minimum atomic E-state index is -0.524. The van der Waals surface area contributed by atoms with E-state index >= 15 is 0 Å². The Morgan fingerprint density at radius 3 is 1.38 bits per heavy atom. The predicted molar refractivity (Wildman–Crippen MR) is 268 cm³/mol. The molecule has 6 heterocycles. The van der Waals surface area contributed by atoms with Gasteiger partial charge in [0.1, 0.15) is 38.1 Å². The number of ether oxygens (including phenoxy) is 2. The number of carbonyl (C=O) groups excluding carboxylic acids is 2. The molecule has 0 N–H and O–H groups in total. The highest BCUT2D eigenvalue weighted by Gasteiger charge is 2.28. The first-order valence-corrected chi connectivity index (χ1v) is 24.2. The summed E-state index contributed by atoms with van der Waals surface area (Å²) in [5, 5.41) is 24.5. The van der Waals surface area contributed by atoms with Crippen molar-refractivity contribution in [2.45, 2.75) is 79.8 Å². The maximum Gasteiger partial charge on any atom is 0.246 e. The van der Waals surface area contributed by atoms with E-state index in [4.69, 9.17) is 9.47 Å². The second-order valence-electron chi connectivity index (χ2n) is 18.1. The van der Waals surface area contributed by atoms with Crippen molar-refractivity contribution in [1.29, 1.82) is 0 Å². The van der Waals surface area contributed by atoms with Gasteiger partial charge in [-0.2, -0.15) is 9.59 Å². The molecule has 6 aromatic rings. The molecule has 2 aliphatic rings. The number of aromatic nitrogens is 10. The minimum Gasteiger partial charge on any atom is -0.489 e. The monoisotopic (exact) mass is 987 g/mol. The third-order valence-electron chi connectivity index (χ3n) is 12.2. The molecular weight excluding hydrogens is 923 g/mol. The van der Waals surface area contributed by atoms with Gasteiger partial charge in [-0.25, -0.2) is 8.78 Å². The maximum absolute atomic E-state index is 13.0. The average Bonchev–Trinajstić information content (AvgIpc) is 3.98. The zero-order chi connectivity index (χ0) is 51.0. The van der Waals surface area contributed by atoms with Gasteiger partial charge in [0.25, 0.3) is 0 Å². The zero-order valence-corrected chi connectivity index (χ0v) is 41.9. The van der Waals surface area contributed by atoms with Gasteiger partial charge in [0.2, 0.25) is 11.8 Å². The minimum absolute atomic E-state index is 0.00381. The first kappa shape index (κ1) is 52.5. The van der Waals surface area contributed by atoms with Crippen molar-refractivity contribution in [3.05, 3.63) is 142 Å². The number of tetrazole rings is 2. The summed E-state index contributed by atoms with van der Waals surface area (Å²) in [6.45, 7) is 17.5. The molecule has 20 heteroatoms. The van der Waals surface area contributed by atoms with Gasteiger partial charge in [0.15, 0.2) is 11.6 Å². The number of nitrogens with zero attached hydrogens (tertiary/aromatic N) is 14. The van der Waals surface area contributed by atoms with Crippen LogP contribution in [-0.2, 0) is 35.8 Å². The lowest BCUT2D eigenvalue weighted by atomic mass is 10.0. The van der Waals surface area contributed by atoms with Crippen molar-refractivity contribution in [3.63, 3.8) is 0 Å². The molecule has 72 heavy (non-hydrogen) atoms. The molecule has 2 fully saturated rings. The molecule has 2 atom stereocenters. The van der Waals surface area contributed by atoms with E-state index in [-0.39, 0.29) is 37.1 Å². The fraction of sp³-hybridized carbons (Fsp3) is 0.423. The van der Waals surface area contributed by atoms with E-state index in [1.807, 2.05) is 84.3 Å². The predicted octanol–water partition coefficient (Wildman–Crippen LogP) is 5.66. The smallest absolute Gasteiger partial charge is 0.246 e. The highest BCUT2D eigenvalue weighted by molar-refractivity contribution is 5.93. The lowest BCUT2D eigenvalue weighted by Crippen LogP contribution is -2.53. The van der Waals surface area contributed by atoms with Crippen molar-refractivity contribution in [3.8, 4) is 11.5 Å². The topological polar surface area (TPSA) is 179 Å². The van der Waals surface area contributed by atoms with E-state index < -0.39 is 13.3 Å². The Bertz CT molecular complexity index is 2580. The summed E-state index contributed by atoms with van der Waals surface area (Å²) in [5.41, 5.74) is 8.07. The molecule has 0 radical (unpaired) electrons. The molecule has 2 saturated heterocycles. The molecule has 8 rings (SSSR count). The fourth-order valence-corrected chi connectivity index (χ4v) is 8.63. The van der Waals surface area contributed by atoms with Crippen molar-refractivity contribution >= 4 is 24.0 Å². The molecule has 2 aromatic carbocycles. The van der Waals surface area contributed by atoms with Gasteiger partial charge < -0.3 is 19.3 Å². The first-order chi connectivity index (χ1) is 34.8. The Morgan fingerprint density at radius 1 is 0.597 bits per heavy atom. The van der Waals surface area contributed by atoms with Crippen molar-refractivity contribution in [1.82, 2.24) is 70.0 Å². The summed E-state index contributed by atoms with van der Waals surface area (Å²) >= 11 is 0. The summed E-state index contributed by atoms with van der Waals surface area (Å²) in [6.07, 6.45) is 10.3. The second-order valence-corrected chi connectivity index (χ2v) is 18.1. The van der Waals surface area contributed by atoms with Gasteiger partial charge in [-0.3, -0.25) is 29.4 Å². The number of pyridine rings is 2. The molecule has 0 bridgehead atoms. The molecule has 0 unspecified atom stereocenters. The van der Waals surface area contributed by atoms with Crippen LogP contribution < -0.4 is 9.47 Å². The Kier molecular flexibility index (Phi) is 18.7. The summed E-state index contributed by atoms with van der Waals surface area (Å²) < 4.78 is 35.0. The molecule has 0 aliphatic carbocycles. The number of alkyl halides is 2. The van der Waals surface area contributed by atoms with Gasteiger partial charge >= 0.3 is 0 Å². The maximum atomic E-state index is 13.0. The van der Waals surface area contributed by atoms with Crippen LogP contribution in [0.1, 0.15) is 70.3 Å². The van der Waals surface area contributed by atoms with E-state index in [9.17, 15) is 18.4 Å². The van der Waals surface area contributed by atoms with Crippen LogP contribution in [0.3, 0.4) is 0 Å². The molecule has 4 aromatic heterocycles. The van der Waals surface area contributed by atoms with Gasteiger partial charge in [-0.15, -0.1) is 20.4 Å². The SMILES string of the molecule is Cc1ccc(/C=C/C(=O)N2CCN(Cc3ccc(OCCF)cn3)C[C@H]2C)c(Cn2nnc(C)n2)c1.Cc1ccc(/C=C/C(=O)N2CCN(Cc3ccc(OCCF)cn3)C[C@H]2C)c(Cn2nnc(C)n2)c1. The average molecular weight is 987 g/mol. The number of amides is 2. The van der Waals surface area contributed by atoms with Crippen LogP contribution in [0.15, 0.2) is 85.2 Å². The molecule has 2 aliphatic heterocycles. The highest BCUT2D eigenvalue weighted by atomic mass is 19.1. The largest absolute Gasteiger partial charge is 0.489 e. The third kappa shape index (κ3) is 15.3. The standard InChI is InChI=1S/2C26H32FN7O2/c2*1-19-4-5-22(23(14-19)17-34-30-21(3)29-31-34)6-9-26(35)33-12-11-32(16-20(33)2)18-24-7-8-25(15-28-24)36-13-10-27/h2*4-9,14-15,20H,10-13,16-18H2,1-3H3/b2*9-6+/t2*20-/m11/s1. The summed E-state index contributed by atoms with van der Waals surface area (Å²) in [7, 11) is 0. The number of rotatable bonds is 18. The van der Waals surface area contributed by atoms with E-state index in [0.717, 1.165) is 70.9 Å². The Hall–Kier alpha value is -7.32. The van der Waals surface area contributed by atoms with Crippen LogP contribution >= 0.6 is 0 Å². The van der Waals surface area contributed by atoms with E-state index in [2.05, 4.69) is 76.6 Å². The van der Waals surface area contributed by atoms with Gasteiger partial charge in [-0.05, 0) is 111 Å². The number of benzene rings is 2. The second kappa shape index (κ2) is 25.7. The highest BCUT2D eigenvalue weighted by Crippen LogP contribution is 2.20. The zero-order valence-electron chi connectivity index (χ0n) is 41.9. The van der Waals surface area contributed by atoms with E-state index in [1.165, 1.54) is 0 Å². The third-order valence-corrected chi connectivity index (χ3v) is 12.2. The summed E-state index contributed by atoms with van der Waals surface area (Å²) in [4.78, 5) is 46.4. The first-order valence-electron chi connectivity index (χ1n) is 24.2. The molecule has 380 valence electrons. The molecular formula is C52H64F2N14O4. The van der Waals surface area contributed by atoms with Gasteiger partial charge in [0.05, 0.1) is 36.9 Å². The number of piperazine rings is 2. The summed E-state index contributed by atoms with van der Waals surface area (Å²) in [6, 6.07) is 19.8. The van der Waals surface area contributed by atoms with Crippen LogP contribution in [0.2, 0.25) is 0 Å². The van der Waals surface area contributed by atoms with Crippen molar-refractivity contribution in [2.24, 2.45) is 0 Å². The van der Waals surface area contributed by atoms with E-state index in [0.29, 0.717) is 62.4 Å². The van der Waals surface area contributed by atoms with E-state index in [1.54, 1.807) is 48.0 Å². The molecule has 0 saturated carbocycles. The van der Waals surface area contributed by atoms with Crippen LogP contribution in [0.25, 0.3) is 12.2 Å². The Balaban J connectivity index is 0.000000211. The number of aryl methyl sites for hydroxylation is 4.